The van der Waals surface area contributed by atoms with Crippen molar-refractivity contribution in [2.45, 2.75) is 6.92 Å². The fourth-order valence-electron chi connectivity index (χ4n) is 2.17. The van der Waals surface area contributed by atoms with Gasteiger partial charge in [0.25, 0.3) is 0 Å². The second kappa shape index (κ2) is 6.18. The van der Waals surface area contributed by atoms with Crippen LogP contribution < -0.4 is 19.7 Å². The third-order valence-electron chi connectivity index (χ3n) is 3.40. The molecule has 2 aromatic rings. The lowest BCUT2D eigenvalue weighted by Crippen LogP contribution is -2.33. The molecule has 0 saturated heterocycles. The van der Waals surface area contributed by atoms with Crippen molar-refractivity contribution in [3.05, 3.63) is 47.0 Å². The van der Waals surface area contributed by atoms with Gasteiger partial charge in [-0.25, -0.2) is 9.69 Å². The number of carbonyl (C=O) groups is 2. The summed E-state index contributed by atoms with van der Waals surface area (Å²) >= 11 is 5.93. The molecule has 3 amide bonds. The van der Waals surface area contributed by atoms with E-state index < -0.39 is 6.03 Å². The van der Waals surface area contributed by atoms with Crippen molar-refractivity contribution in [3.8, 4) is 11.5 Å². The molecule has 0 fully saturated rings. The molecular weight excluding hydrogens is 320 g/mol. The molecule has 2 aromatic carbocycles. The summed E-state index contributed by atoms with van der Waals surface area (Å²) in [6.45, 7) is 1.95. The molecule has 0 spiro atoms. The van der Waals surface area contributed by atoms with E-state index in [9.17, 15) is 9.59 Å². The van der Waals surface area contributed by atoms with Gasteiger partial charge in [0, 0.05) is 16.8 Å². The highest BCUT2D eigenvalue weighted by molar-refractivity contribution is 6.31. The van der Waals surface area contributed by atoms with E-state index in [0.29, 0.717) is 34.3 Å². The second-order valence-corrected chi connectivity index (χ2v) is 5.34. The summed E-state index contributed by atoms with van der Waals surface area (Å²) in [6, 6.07) is 9.35. The Morgan fingerprint density at radius 1 is 1.22 bits per heavy atom. The molecule has 1 heterocycles. The molecule has 0 radical (unpaired) electrons. The Morgan fingerprint density at radius 2 is 2.00 bits per heavy atom. The SMILES string of the molecule is Cc1ccc(Cl)cc1NC(=O)N(C=O)c1ccc2c(c1)OCO2. The molecule has 1 aliphatic heterocycles. The normalized spacial score (nSPS) is 11.9. The van der Waals surface area contributed by atoms with Crippen LogP contribution in [0.4, 0.5) is 16.2 Å². The number of nitrogens with zero attached hydrogens (tertiary/aromatic N) is 1. The summed E-state index contributed by atoms with van der Waals surface area (Å²) in [4.78, 5) is 24.7. The largest absolute Gasteiger partial charge is 0.454 e. The first-order valence-electron chi connectivity index (χ1n) is 6.80. The number of hydrogen-bond acceptors (Lipinski definition) is 4. The predicted octanol–water partition coefficient (Wildman–Crippen LogP) is 3.57. The number of anilines is 2. The maximum Gasteiger partial charge on any atom is 0.332 e. The van der Waals surface area contributed by atoms with Crippen molar-refractivity contribution in [2.75, 3.05) is 17.0 Å². The number of fused-ring (bicyclic) bond motifs is 1. The monoisotopic (exact) mass is 332 g/mol. The van der Waals surface area contributed by atoms with Crippen LogP contribution in [0.15, 0.2) is 36.4 Å². The lowest BCUT2D eigenvalue weighted by Gasteiger charge is -2.17. The first-order valence-corrected chi connectivity index (χ1v) is 7.17. The minimum Gasteiger partial charge on any atom is -0.454 e. The number of amides is 3. The van der Waals surface area contributed by atoms with Gasteiger partial charge in [0.05, 0.1) is 5.69 Å². The Bertz CT molecular complexity index is 779. The number of urea groups is 1. The minimum atomic E-state index is -0.593. The van der Waals surface area contributed by atoms with Crippen molar-refractivity contribution in [2.24, 2.45) is 0 Å². The molecule has 0 unspecified atom stereocenters. The molecule has 1 N–H and O–H groups in total. The van der Waals surface area contributed by atoms with E-state index >= 15 is 0 Å². The number of imide groups is 1. The zero-order valence-electron chi connectivity index (χ0n) is 12.2. The van der Waals surface area contributed by atoms with Crippen LogP contribution in [0.3, 0.4) is 0 Å². The summed E-state index contributed by atoms with van der Waals surface area (Å²) < 4.78 is 10.5. The van der Waals surface area contributed by atoms with Crippen LogP contribution in [0.5, 0.6) is 11.5 Å². The Morgan fingerprint density at radius 3 is 2.78 bits per heavy atom. The second-order valence-electron chi connectivity index (χ2n) is 4.90. The van der Waals surface area contributed by atoms with Gasteiger partial charge in [-0.15, -0.1) is 0 Å². The average Bonchev–Trinajstić information content (AvgIpc) is 2.99. The van der Waals surface area contributed by atoms with E-state index in [1.54, 1.807) is 36.4 Å². The van der Waals surface area contributed by atoms with E-state index in [0.717, 1.165) is 10.5 Å². The Kier molecular flexibility index (Phi) is 4.08. The minimum absolute atomic E-state index is 0.119. The predicted molar refractivity (Wildman–Crippen MR) is 86.3 cm³/mol. The molecule has 0 bridgehead atoms. The van der Waals surface area contributed by atoms with Crippen molar-refractivity contribution < 1.29 is 19.1 Å². The number of hydrogen-bond donors (Lipinski definition) is 1. The smallest absolute Gasteiger partial charge is 0.332 e. The maximum absolute atomic E-state index is 12.4. The Balaban J connectivity index is 1.84. The summed E-state index contributed by atoms with van der Waals surface area (Å²) in [5.74, 6) is 1.06. The molecule has 1 aliphatic rings. The number of halogens is 1. The van der Waals surface area contributed by atoms with Crippen LogP contribution >= 0.6 is 11.6 Å². The summed E-state index contributed by atoms with van der Waals surface area (Å²) in [5, 5.41) is 3.16. The molecule has 6 nitrogen and oxygen atoms in total. The summed E-state index contributed by atoms with van der Waals surface area (Å²) in [5.41, 5.74) is 1.75. The molecule has 0 saturated carbocycles. The fourth-order valence-corrected chi connectivity index (χ4v) is 2.34. The van der Waals surface area contributed by atoms with E-state index in [1.807, 2.05) is 6.92 Å². The van der Waals surface area contributed by atoms with Gasteiger partial charge in [0.2, 0.25) is 13.2 Å². The number of ether oxygens (including phenoxy) is 2. The third-order valence-corrected chi connectivity index (χ3v) is 3.63. The van der Waals surface area contributed by atoms with Gasteiger partial charge in [-0.05, 0) is 36.8 Å². The van der Waals surface area contributed by atoms with Crippen molar-refractivity contribution >= 4 is 35.4 Å². The lowest BCUT2D eigenvalue weighted by molar-refractivity contribution is -0.106. The van der Waals surface area contributed by atoms with Crippen molar-refractivity contribution in [1.29, 1.82) is 0 Å². The van der Waals surface area contributed by atoms with E-state index in [-0.39, 0.29) is 6.79 Å². The number of aryl methyl sites for hydroxylation is 1. The molecular formula is C16H13ClN2O4. The van der Waals surface area contributed by atoms with Crippen LogP contribution in [0.2, 0.25) is 5.02 Å². The van der Waals surface area contributed by atoms with Crippen molar-refractivity contribution in [1.82, 2.24) is 0 Å². The molecule has 118 valence electrons. The molecule has 0 atom stereocenters. The van der Waals surface area contributed by atoms with Gasteiger partial charge in [0.1, 0.15) is 0 Å². The zero-order valence-corrected chi connectivity index (χ0v) is 13.0. The third kappa shape index (κ3) is 3.07. The van der Waals surface area contributed by atoms with Crippen LogP contribution in [0.1, 0.15) is 5.56 Å². The van der Waals surface area contributed by atoms with Gasteiger partial charge in [-0.3, -0.25) is 4.79 Å². The van der Waals surface area contributed by atoms with Crippen LogP contribution in [-0.2, 0) is 4.79 Å². The van der Waals surface area contributed by atoms with Gasteiger partial charge < -0.3 is 14.8 Å². The highest BCUT2D eigenvalue weighted by Crippen LogP contribution is 2.35. The molecule has 7 heteroatoms. The van der Waals surface area contributed by atoms with Crippen LogP contribution in [0, 0.1) is 6.92 Å². The average molecular weight is 333 g/mol. The van der Waals surface area contributed by atoms with Gasteiger partial charge in [-0.2, -0.15) is 0 Å². The first-order chi connectivity index (χ1) is 11.1. The van der Waals surface area contributed by atoms with Gasteiger partial charge in [-0.1, -0.05) is 17.7 Å². The highest BCUT2D eigenvalue weighted by Gasteiger charge is 2.20. The van der Waals surface area contributed by atoms with Crippen LogP contribution in [0.25, 0.3) is 0 Å². The van der Waals surface area contributed by atoms with E-state index in [1.165, 1.54) is 0 Å². The summed E-state index contributed by atoms with van der Waals surface area (Å²) in [6.07, 6.45) is 0.437. The topological polar surface area (TPSA) is 67.9 Å². The maximum atomic E-state index is 12.4. The standard InChI is InChI=1S/C16H13ClN2O4/c1-10-2-3-11(17)6-13(10)18-16(21)19(8-20)12-4-5-14-15(7-12)23-9-22-14/h2-8H,9H2,1H3,(H,18,21). The molecule has 3 rings (SSSR count). The summed E-state index contributed by atoms with van der Waals surface area (Å²) in [7, 11) is 0. The zero-order chi connectivity index (χ0) is 16.4. The molecule has 23 heavy (non-hydrogen) atoms. The Labute approximate surface area is 137 Å². The lowest BCUT2D eigenvalue weighted by atomic mass is 10.2. The molecule has 0 aromatic heterocycles. The quantitative estimate of drug-likeness (QED) is 0.872. The number of nitrogens with one attached hydrogen (secondary N) is 1. The van der Waals surface area contributed by atoms with E-state index in [4.69, 9.17) is 21.1 Å². The number of carbonyl (C=O) groups excluding carboxylic acids is 2. The fraction of sp³-hybridized carbons (Fsp3) is 0.125. The van der Waals surface area contributed by atoms with Crippen LogP contribution in [-0.4, -0.2) is 19.2 Å². The number of rotatable bonds is 3. The number of benzene rings is 2. The van der Waals surface area contributed by atoms with Gasteiger partial charge in [0.15, 0.2) is 11.5 Å². The highest BCUT2D eigenvalue weighted by atomic mass is 35.5. The van der Waals surface area contributed by atoms with E-state index in [2.05, 4.69) is 5.32 Å². The first kappa shape index (κ1) is 15.2. The Hall–Kier alpha value is -2.73. The molecule has 0 aliphatic carbocycles. The van der Waals surface area contributed by atoms with Gasteiger partial charge >= 0.3 is 6.03 Å². The van der Waals surface area contributed by atoms with Crippen molar-refractivity contribution in [3.63, 3.8) is 0 Å².